The summed E-state index contributed by atoms with van der Waals surface area (Å²) in [5, 5.41) is 0. The van der Waals surface area contributed by atoms with Crippen molar-refractivity contribution >= 4 is 5.91 Å². The molecule has 0 saturated heterocycles. The highest BCUT2D eigenvalue weighted by Gasteiger charge is 2.78. The number of alkyl halides is 2. The number of hydrogen-bond acceptors (Lipinski definition) is 1. The first-order valence-corrected chi connectivity index (χ1v) is 8.23. The van der Waals surface area contributed by atoms with Crippen LogP contribution in [0.4, 0.5) is 8.78 Å². The van der Waals surface area contributed by atoms with Crippen molar-refractivity contribution in [3.8, 4) is 0 Å². The van der Waals surface area contributed by atoms with Gasteiger partial charge in [-0.3, -0.25) is 4.79 Å². The molecule has 0 spiro atoms. The van der Waals surface area contributed by atoms with Crippen LogP contribution in [0.15, 0.2) is 0 Å². The van der Waals surface area contributed by atoms with Gasteiger partial charge in [0, 0.05) is 6.42 Å². The molecule has 1 amide bonds. The number of carbonyl (C=O) groups is 1. The molecular formula is C17H25F2NO. The molecule has 0 aromatic heterocycles. The highest BCUT2D eigenvalue weighted by Crippen LogP contribution is 2.78. The Kier molecular flexibility index (Phi) is 2.30. The SMILES string of the molecule is CC12CC3CC(C)(C1)CC(C1(C(N)=O)CCC1(F)F)(C3)C2. The van der Waals surface area contributed by atoms with Crippen LogP contribution in [-0.2, 0) is 4.79 Å². The van der Waals surface area contributed by atoms with Crippen LogP contribution in [0.2, 0.25) is 0 Å². The summed E-state index contributed by atoms with van der Waals surface area (Å²) in [7, 11) is 0. The molecule has 118 valence electrons. The lowest BCUT2D eigenvalue weighted by molar-refractivity contribution is -0.294. The van der Waals surface area contributed by atoms with E-state index in [9.17, 15) is 13.6 Å². The second-order valence-electron chi connectivity index (χ2n) is 9.38. The quantitative estimate of drug-likeness (QED) is 0.825. The van der Waals surface area contributed by atoms with Gasteiger partial charge in [0.1, 0.15) is 5.41 Å². The third-order valence-corrected chi connectivity index (χ3v) is 7.39. The Morgan fingerprint density at radius 3 is 1.90 bits per heavy atom. The standard InChI is InChI=1S/C17H25F2NO/c1-13-5-11-6-14(2,8-13)10-15(7-11,9-13)16(12(20)21)3-4-17(16,18)19/h11H,3-10H2,1-2H3,(H2,20,21). The zero-order chi connectivity index (χ0) is 15.3. The maximum absolute atomic E-state index is 14.6. The molecule has 0 aromatic rings. The summed E-state index contributed by atoms with van der Waals surface area (Å²) in [6, 6.07) is 0. The van der Waals surface area contributed by atoms with Crippen LogP contribution in [0.25, 0.3) is 0 Å². The molecule has 5 aliphatic rings. The Balaban J connectivity index is 1.86. The van der Waals surface area contributed by atoms with E-state index >= 15 is 0 Å². The van der Waals surface area contributed by atoms with Crippen molar-refractivity contribution < 1.29 is 13.6 Å². The molecule has 4 heteroatoms. The number of hydrogen-bond donors (Lipinski definition) is 1. The highest BCUT2D eigenvalue weighted by atomic mass is 19.3. The maximum atomic E-state index is 14.6. The van der Waals surface area contributed by atoms with Crippen LogP contribution >= 0.6 is 0 Å². The van der Waals surface area contributed by atoms with E-state index < -0.39 is 22.7 Å². The minimum atomic E-state index is -2.91. The maximum Gasteiger partial charge on any atom is 0.262 e. The second kappa shape index (κ2) is 3.46. The van der Waals surface area contributed by atoms with Gasteiger partial charge in [-0.1, -0.05) is 13.8 Å². The Labute approximate surface area is 124 Å². The minimum absolute atomic E-state index is 0.127. The molecule has 5 rings (SSSR count). The molecule has 3 atom stereocenters. The van der Waals surface area contributed by atoms with E-state index in [-0.39, 0.29) is 23.7 Å². The molecule has 0 heterocycles. The number of carbonyl (C=O) groups excluding carboxylic acids is 1. The lowest BCUT2D eigenvalue weighted by Crippen LogP contribution is -2.72. The highest BCUT2D eigenvalue weighted by molar-refractivity contribution is 5.84. The molecule has 4 bridgehead atoms. The van der Waals surface area contributed by atoms with Crippen LogP contribution < -0.4 is 5.73 Å². The van der Waals surface area contributed by atoms with Crippen molar-refractivity contribution in [2.75, 3.05) is 0 Å². The first-order valence-electron chi connectivity index (χ1n) is 8.23. The summed E-state index contributed by atoms with van der Waals surface area (Å²) in [5.41, 5.74) is 3.73. The Hall–Kier alpha value is -0.670. The third-order valence-electron chi connectivity index (χ3n) is 7.39. The van der Waals surface area contributed by atoms with E-state index in [2.05, 4.69) is 13.8 Å². The van der Waals surface area contributed by atoms with Crippen LogP contribution in [0.3, 0.4) is 0 Å². The van der Waals surface area contributed by atoms with Gasteiger partial charge in [-0.15, -0.1) is 0 Å². The van der Waals surface area contributed by atoms with Crippen LogP contribution in [0.1, 0.15) is 65.2 Å². The van der Waals surface area contributed by atoms with E-state index in [0.717, 1.165) is 38.5 Å². The zero-order valence-corrected chi connectivity index (χ0v) is 13.0. The van der Waals surface area contributed by atoms with Gasteiger partial charge in [0.2, 0.25) is 5.91 Å². The van der Waals surface area contributed by atoms with Crippen LogP contribution in [-0.4, -0.2) is 11.8 Å². The van der Waals surface area contributed by atoms with Crippen molar-refractivity contribution in [2.24, 2.45) is 33.3 Å². The van der Waals surface area contributed by atoms with E-state index in [4.69, 9.17) is 5.73 Å². The van der Waals surface area contributed by atoms with Gasteiger partial charge < -0.3 is 5.73 Å². The molecule has 5 fully saturated rings. The second-order valence-corrected chi connectivity index (χ2v) is 9.38. The van der Waals surface area contributed by atoms with E-state index in [1.54, 1.807) is 0 Å². The molecule has 0 aliphatic heterocycles. The number of halogens is 2. The van der Waals surface area contributed by atoms with Crippen molar-refractivity contribution in [3.05, 3.63) is 0 Å². The largest absolute Gasteiger partial charge is 0.369 e. The smallest absolute Gasteiger partial charge is 0.262 e. The molecule has 2 N–H and O–H groups in total. The molecule has 2 nitrogen and oxygen atoms in total. The normalized spacial score (nSPS) is 57.0. The zero-order valence-electron chi connectivity index (χ0n) is 13.0. The summed E-state index contributed by atoms with van der Waals surface area (Å²) in [6.07, 6.45) is 5.85. The van der Waals surface area contributed by atoms with E-state index in [1.807, 2.05) is 0 Å². The molecule has 3 unspecified atom stereocenters. The molecule has 0 aromatic carbocycles. The molecule has 5 aliphatic carbocycles. The summed E-state index contributed by atoms with van der Waals surface area (Å²) in [6.45, 7) is 4.49. The average Bonchev–Trinajstić information content (AvgIpc) is 2.21. The number of primary amides is 1. The minimum Gasteiger partial charge on any atom is -0.369 e. The van der Waals surface area contributed by atoms with Gasteiger partial charge in [-0.05, 0) is 67.1 Å². The average molecular weight is 297 g/mol. The molecule has 0 radical (unpaired) electrons. The van der Waals surface area contributed by atoms with Gasteiger partial charge in [0.25, 0.3) is 5.92 Å². The van der Waals surface area contributed by atoms with Gasteiger partial charge in [0.15, 0.2) is 0 Å². The van der Waals surface area contributed by atoms with Crippen molar-refractivity contribution in [1.82, 2.24) is 0 Å². The lowest BCUT2D eigenvalue weighted by Gasteiger charge is -2.72. The first-order chi connectivity index (χ1) is 9.56. The summed E-state index contributed by atoms with van der Waals surface area (Å²) < 4.78 is 29.1. The fraction of sp³-hybridized carbons (Fsp3) is 0.941. The van der Waals surface area contributed by atoms with Gasteiger partial charge in [0.05, 0.1) is 0 Å². The number of amides is 1. The first kappa shape index (κ1) is 14.0. The predicted octanol–water partition coefficient (Wildman–Crippen LogP) is 3.88. The summed E-state index contributed by atoms with van der Waals surface area (Å²) in [4.78, 5) is 12.2. The Morgan fingerprint density at radius 1 is 1.00 bits per heavy atom. The van der Waals surface area contributed by atoms with Crippen LogP contribution in [0, 0.1) is 27.6 Å². The summed E-state index contributed by atoms with van der Waals surface area (Å²) >= 11 is 0. The number of nitrogens with two attached hydrogens (primary N) is 1. The Morgan fingerprint density at radius 2 is 1.57 bits per heavy atom. The Bertz CT molecular complexity index is 513. The van der Waals surface area contributed by atoms with Crippen molar-refractivity contribution in [1.29, 1.82) is 0 Å². The van der Waals surface area contributed by atoms with E-state index in [0.29, 0.717) is 5.92 Å². The molecule has 21 heavy (non-hydrogen) atoms. The monoisotopic (exact) mass is 297 g/mol. The van der Waals surface area contributed by atoms with Gasteiger partial charge >= 0.3 is 0 Å². The van der Waals surface area contributed by atoms with Gasteiger partial charge in [-0.2, -0.15) is 0 Å². The third kappa shape index (κ3) is 1.45. The van der Waals surface area contributed by atoms with Gasteiger partial charge in [-0.25, -0.2) is 8.78 Å². The fourth-order valence-corrected chi connectivity index (χ4v) is 7.71. The fourth-order valence-electron chi connectivity index (χ4n) is 7.71. The van der Waals surface area contributed by atoms with Crippen molar-refractivity contribution in [3.63, 3.8) is 0 Å². The van der Waals surface area contributed by atoms with Crippen LogP contribution in [0.5, 0.6) is 0 Å². The predicted molar refractivity (Wildman–Crippen MR) is 75.6 cm³/mol. The molecular weight excluding hydrogens is 272 g/mol. The lowest BCUT2D eigenvalue weighted by atomic mass is 9.32. The molecule has 5 saturated carbocycles. The van der Waals surface area contributed by atoms with Crippen molar-refractivity contribution in [2.45, 2.75) is 71.1 Å². The number of rotatable bonds is 2. The topological polar surface area (TPSA) is 43.1 Å². The van der Waals surface area contributed by atoms with E-state index in [1.165, 1.54) is 0 Å². The summed E-state index contributed by atoms with van der Waals surface area (Å²) in [5.74, 6) is -3.14.